The minimum absolute atomic E-state index is 0.476. The molecule has 4 N–H and O–H groups in total. The van der Waals surface area contributed by atoms with Crippen molar-refractivity contribution in [2.24, 2.45) is 0 Å². The zero-order chi connectivity index (χ0) is 13.6. The molecule has 0 unspecified atom stereocenters. The fourth-order valence-electron chi connectivity index (χ4n) is 0.965. The number of nitrogens with one attached hydrogen (secondary N) is 2. The zero-order valence-electron chi connectivity index (χ0n) is 10.1. The van der Waals surface area contributed by atoms with Crippen molar-refractivity contribution in [2.75, 3.05) is 0 Å². The molecule has 0 aromatic carbocycles. The van der Waals surface area contributed by atoms with E-state index >= 15 is 0 Å². The van der Waals surface area contributed by atoms with Crippen molar-refractivity contribution in [2.45, 2.75) is 45.2 Å². The van der Waals surface area contributed by atoms with Gasteiger partial charge in [-0.3, -0.25) is 4.79 Å². The molecule has 17 heavy (non-hydrogen) atoms. The second-order valence-corrected chi connectivity index (χ2v) is 4.32. The third-order valence-corrected chi connectivity index (χ3v) is 2.32. The van der Waals surface area contributed by atoms with Crippen LogP contribution in [0.25, 0.3) is 0 Å². The molecule has 0 aliphatic carbocycles. The van der Waals surface area contributed by atoms with Crippen LogP contribution in [0.5, 0.6) is 0 Å². The molecule has 0 bridgehead atoms. The van der Waals surface area contributed by atoms with Crippen molar-refractivity contribution in [1.29, 1.82) is 0 Å². The molecule has 0 heterocycles. The molecule has 2 amide bonds. The van der Waals surface area contributed by atoms with E-state index in [9.17, 15) is 14.4 Å². The fourth-order valence-corrected chi connectivity index (χ4v) is 0.965. The van der Waals surface area contributed by atoms with Crippen LogP contribution in [0.15, 0.2) is 0 Å². The highest BCUT2D eigenvalue weighted by Gasteiger charge is 2.25. The molecular formula is C10H18N2O5. The van der Waals surface area contributed by atoms with Crippen LogP contribution in [0.2, 0.25) is 0 Å². The van der Waals surface area contributed by atoms with Crippen molar-refractivity contribution in [1.82, 2.24) is 10.6 Å². The topological polar surface area (TPSA) is 116 Å². The molecule has 0 aromatic rings. The number of carboxylic acid groups (broad SMARTS) is 2. The Kier molecular flexibility index (Phi) is 5.43. The van der Waals surface area contributed by atoms with E-state index < -0.39 is 36.0 Å². The van der Waals surface area contributed by atoms with Crippen LogP contribution in [0.4, 0.5) is 4.79 Å². The molecule has 0 saturated heterocycles. The van der Waals surface area contributed by atoms with Crippen molar-refractivity contribution in [3.05, 3.63) is 0 Å². The Bertz CT molecular complexity index is 314. The monoisotopic (exact) mass is 246 g/mol. The summed E-state index contributed by atoms with van der Waals surface area (Å²) in [6, 6.07) is -2.12. The molecular weight excluding hydrogens is 228 g/mol. The molecule has 0 spiro atoms. The summed E-state index contributed by atoms with van der Waals surface area (Å²) in [7, 11) is 0. The van der Waals surface area contributed by atoms with E-state index in [1.165, 1.54) is 0 Å². The first-order chi connectivity index (χ1) is 7.68. The van der Waals surface area contributed by atoms with Crippen LogP contribution < -0.4 is 10.6 Å². The fraction of sp³-hybridized carbons (Fsp3) is 0.700. The van der Waals surface area contributed by atoms with Crippen LogP contribution >= 0.6 is 0 Å². The van der Waals surface area contributed by atoms with Gasteiger partial charge in [0.25, 0.3) is 0 Å². The highest BCUT2D eigenvalue weighted by Crippen LogP contribution is 2.06. The highest BCUT2D eigenvalue weighted by molar-refractivity contribution is 5.86. The summed E-state index contributed by atoms with van der Waals surface area (Å²) in [5, 5.41) is 21.9. The zero-order valence-corrected chi connectivity index (χ0v) is 10.1. The Morgan fingerprint density at radius 2 is 1.76 bits per heavy atom. The second-order valence-electron chi connectivity index (χ2n) is 4.32. The number of amides is 2. The summed E-state index contributed by atoms with van der Waals surface area (Å²) in [4.78, 5) is 32.5. The van der Waals surface area contributed by atoms with E-state index in [4.69, 9.17) is 10.2 Å². The van der Waals surface area contributed by atoms with Crippen LogP contribution in [-0.4, -0.2) is 39.8 Å². The molecule has 0 aromatic heterocycles. The Morgan fingerprint density at radius 1 is 1.24 bits per heavy atom. The number of hydrogen-bond acceptors (Lipinski definition) is 3. The maximum atomic E-state index is 11.4. The molecule has 7 nitrogen and oxygen atoms in total. The van der Waals surface area contributed by atoms with Crippen LogP contribution in [0.3, 0.4) is 0 Å². The molecule has 0 radical (unpaired) electrons. The highest BCUT2D eigenvalue weighted by atomic mass is 16.4. The number of carbonyl (C=O) groups is 3. The van der Waals surface area contributed by atoms with E-state index in [1.807, 2.05) is 6.92 Å². The minimum atomic E-state index is -1.43. The number of urea groups is 1. The molecule has 0 fully saturated rings. The predicted molar refractivity (Wildman–Crippen MR) is 59.7 cm³/mol. The Labute approximate surface area is 99.2 Å². The van der Waals surface area contributed by atoms with Gasteiger partial charge in [-0.25, -0.2) is 9.59 Å². The standard InChI is InChI=1S/C10H18N2O5/c1-4-10(2,3)12-9(17)11-6(8(15)16)5-7(13)14/h6H,4-5H2,1-3H3,(H,13,14)(H,15,16)(H2,11,12,17)/t6-/m1/s1. The molecule has 0 saturated carbocycles. The van der Waals surface area contributed by atoms with Crippen molar-refractivity contribution >= 4 is 18.0 Å². The van der Waals surface area contributed by atoms with Gasteiger partial charge in [-0.15, -0.1) is 0 Å². The summed E-state index contributed by atoms with van der Waals surface area (Å²) >= 11 is 0. The van der Waals surface area contributed by atoms with Crippen molar-refractivity contribution in [3.63, 3.8) is 0 Å². The lowest BCUT2D eigenvalue weighted by Gasteiger charge is -2.25. The maximum Gasteiger partial charge on any atom is 0.326 e. The van der Waals surface area contributed by atoms with Gasteiger partial charge in [0, 0.05) is 5.54 Å². The van der Waals surface area contributed by atoms with Gasteiger partial charge in [-0.1, -0.05) is 6.92 Å². The van der Waals surface area contributed by atoms with Gasteiger partial charge in [-0.05, 0) is 20.3 Å². The summed E-state index contributed by atoms with van der Waals surface area (Å²) in [6.45, 7) is 5.42. The Morgan fingerprint density at radius 3 is 2.12 bits per heavy atom. The van der Waals surface area contributed by atoms with Crippen molar-refractivity contribution in [3.8, 4) is 0 Å². The molecule has 98 valence electrons. The number of aliphatic carboxylic acids is 2. The van der Waals surface area contributed by atoms with Crippen LogP contribution in [0.1, 0.15) is 33.6 Å². The third kappa shape index (κ3) is 6.39. The van der Waals surface area contributed by atoms with Gasteiger partial charge in [0.05, 0.1) is 6.42 Å². The summed E-state index contributed by atoms with van der Waals surface area (Å²) in [5.41, 5.74) is -0.476. The number of carboxylic acids is 2. The van der Waals surface area contributed by atoms with Gasteiger partial charge in [-0.2, -0.15) is 0 Å². The first-order valence-corrected chi connectivity index (χ1v) is 5.21. The predicted octanol–water partition coefficient (Wildman–Crippen LogP) is 0.402. The van der Waals surface area contributed by atoms with Gasteiger partial charge in [0.2, 0.25) is 0 Å². The van der Waals surface area contributed by atoms with E-state index in [1.54, 1.807) is 13.8 Å². The lowest BCUT2D eigenvalue weighted by Crippen LogP contribution is -2.53. The van der Waals surface area contributed by atoms with Crippen LogP contribution in [-0.2, 0) is 9.59 Å². The SMILES string of the molecule is CCC(C)(C)NC(=O)N[C@H](CC(=O)O)C(=O)O. The Balaban J connectivity index is 4.41. The summed E-state index contributed by atoms with van der Waals surface area (Å²) in [6.07, 6.45) is 0.00634. The lowest BCUT2D eigenvalue weighted by atomic mass is 10.0. The molecule has 1 atom stereocenters. The van der Waals surface area contributed by atoms with Crippen LogP contribution in [0, 0.1) is 0 Å². The van der Waals surface area contributed by atoms with Gasteiger partial charge >= 0.3 is 18.0 Å². The molecule has 7 heteroatoms. The smallest absolute Gasteiger partial charge is 0.326 e. The summed E-state index contributed by atoms with van der Waals surface area (Å²) < 4.78 is 0. The minimum Gasteiger partial charge on any atom is -0.481 e. The summed E-state index contributed by atoms with van der Waals surface area (Å²) in [5.74, 6) is -2.66. The molecule has 0 aliphatic rings. The first kappa shape index (κ1) is 15.2. The lowest BCUT2D eigenvalue weighted by molar-refractivity contribution is -0.145. The quantitative estimate of drug-likeness (QED) is 0.541. The Hall–Kier alpha value is -1.79. The first-order valence-electron chi connectivity index (χ1n) is 5.21. The number of carbonyl (C=O) groups excluding carboxylic acids is 1. The molecule has 0 aliphatic heterocycles. The second kappa shape index (κ2) is 6.07. The largest absolute Gasteiger partial charge is 0.481 e. The normalized spacial score (nSPS) is 12.6. The van der Waals surface area contributed by atoms with E-state index in [0.717, 1.165) is 0 Å². The van der Waals surface area contributed by atoms with Gasteiger partial charge in [0.15, 0.2) is 0 Å². The van der Waals surface area contributed by atoms with Crippen molar-refractivity contribution < 1.29 is 24.6 Å². The maximum absolute atomic E-state index is 11.4. The van der Waals surface area contributed by atoms with E-state index in [2.05, 4.69) is 10.6 Å². The van der Waals surface area contributed by atoms with E-state index in [0.29, 0.717) is 6.42 Å². The average molecular weight is 246 g/mol. The van der Waals surface area contributed by atoms with Gasteiger partial charge < -0.3 is 20.8 Å². The number of rotatable bonds is 6. The average Bonchev–Trinajstić information content (AvgIpc) is 2.15. The van der Waals surface area contributed by atoms with Gasteiger partial charge in [0.1, 0.15) is 6.04 Å². The van der Waals surface area contributed by atoms with E-state index in [-0.39, 0.29) is 0 Å². The number of hydrogen-bond donors (Lipinski definition) is 4. The molecule has 0 rings (SSSR count). The third-order valence-electron chi connectivity index (χ3n) is 2.32.